The van der Waals surface area contributed by atoms with Gasteiger partial charge in [-0.05, 0) is 50.2 Å². The standard InChI is InChI=1S/C27H26F2N6O5S/c1-15-13-35(14-16(2)40-15)27-33-23(10-24(36)34-27)21-7-6-18-11-30-19(9-22(18)32-21)12-31-25(37)17-4-3-5-20(8-17)41(38,39)26(28)29/h3-11,15-16,26H,12-14H2,1-2H3,(H,31,37)(H,33,34,36)/t15-,16+. The van der Waals surface area contributed by atoms with E-state index in [2.05, 4.69) is 25.3 Å². The zero-order valence-corrected chi connectivity index (χ0v) is 22.9. The van der Waals surface area contributed by atoms with Crippen LogP contribution in [0.5, 0.6) is 0 Å². The lowest BCUT2D eigenvalue weighted by molar-refractivity contribution is -0.00573. The number of carbonyl (C=O) groups is 1. The van der Waals surface area contributed by atoms with Gasteiger partial charge in [0.15, 0.2) is 0 Å². The summed E-state index contributed by atoms with van der Waals surface area (Å²) in [5.74, 6) is -3.82. The number of fused-ring (bicyclic) bond motifs is 1. The minimum Gasteiger partial charge on any atom is -0.372 e. The molecule has 14 heteroatoms. The number of halogens is 2. The Morgan fingerprint density at radius 3 is 2.59 bits per heavy atom. The van der Waals surface area contributed by atoms with Gasteiger partial charge in [0.05, 0.1) is 46.2 Å². The quantitative estimate of drug-likeness (QED) is 0.335. The Hall–Kier alpha value is -4.30. The van der Waals surface area contributed by atoms with Crippen molar-refractivity contribution in [3.05, 3.63) is 76.3 Å². The summed E-state index contributed by atoms with van der Waals surface area (Å²) in [4.78, 5) is 42.8. The fraction of sp³-hybridized carbons (Fsp3) is 0.296. The highest BCUT2D eigenvalue weighted by Gasteiger charge is 2.27. The minimum absolute atomic E-state index is 0.0208. The van der Waals surface area contributed by atoms with Crippen LogP contribution in [0.25, 0.3) is 22.3 Å². The van der Waals surface area contributed by atoms with E-state index in [-0.39, 0.29) is 29.9 Å². The molecule has 0 saturated carbocycles. The molecule has 1 aromatic carbocycles. The van der Waals surface area contributed by atoms with Crippen LogP contribution in [-0.4, -0.2) is 65.3 Å². The summed E-state index contributed by atoms with van der Waals surface area (Å²) in [6.45, 7) is 5.04. The van der Waals surface area contributed by atoms with Gasteiger partial charge < -0.3 is 15.0 Å². The van der Waals surface area contributed by atoms with Crippen LogP contribution in [-0.2, 0) is 21.1 Å². The minimum atomic E-state index is -4.84. The maximum Gasteiger partial charge on any atom is 0.341 e. The second-order valence-electron chi connectivity index (χ2n) is 9.70. The lowest BCUT2D eigenvalue weighted by Gasteiger charge is -2.35. The Morgan fingerprint density at radius 1 is 1.10 bits per heavy atom. The molecular weight excluding hydrogens is 558 g/mol. The van der Waals surface area contributed by atoms with Gasteiger partial charge >= 0.3 is 5.76 Å². The smallest absolute Gasteiger partial charge is 0.341 e. The third-order valence-electron chi connectivity index (χ3n) is 6.43. The summed E-state index contributed by atoms with van der Waals surface area (Å²) < 4.78 is 55.1. The largest absolute Gasteiger partial charge is 0.372 e. The molecule has 2 N–H and O–H groups in total. The third-order valence-corrected chi connectivity index (χ3v) is 7.81. The van der Waals surface area contributed by atoms with E-state index in [1.165, 1.54) is 18.2 Å². The number of rotatable bonds is 7. The molecule has 1 amide bonds. The molecular formula is C27H26F2N6O5S. The van der Waals surface area contributed by atoms with Gasteiger partial charge in [0.1, 0.15) is 0 Å². The molecule has 41 heavy (non-hydrogen) atoms. The molecule has 0 unspecified atom stereocenters. The number of aromatic nitrogens is 4. The molecule has 1 fully saturated rings. The average Bonchev–Trinajstić information content (AvgIpc) is 2.94. The zero-order valence-electron chi connectivity index (χ0n) is 22.0. The van der Waals surface area contributed by atoms with Crippen LogP contribution in [0.2, 0.25) is 0 Å². The first-order chi connectivity index (χ1) is 19.5. The third kappa shape index (κ3) is 6.23. The second-order valence-corrected chi connectivity index (χ2v) is 11.6. The lowest BCUT2D eigenvalue weighted by Crippen LogP contribution is -2.46. The lowest BCUT2D eigenvalue weighted by atomic mass is 10.2. The molecule has 1 aliphatic rings. The molecule has 1 saturated heterocycles. The molecule has 5 rings (SSSR count). The fourth-order valence-electron chi connectivity index (χ4n) is 4.56. The number of hydrogen-bond acceptors (Lipinski definition) is 9. The van der Waals surface area contributed by atoms with Gasteiger partial charge in [-0.3, -0.25) is 19.6 Å². The predicted octanol–water partition coefficient (Wildman–Crippen LogP) is 2.92. The van der Waals surface area contributed by atoms with Gasteiger partial charge in [-0.2, -0.15) is 8.78 Å². The summed E-state index contributed by atoms with van der Waals surface area (Å²) >= 11 is 0. The number of aromatic amines is 1. The van der Waals surface area contributed by atoms with Crippen LogP contribution in [0.3, 0.4) is 0 Å². The summed E-state index contributed by atoms with van der Waals surface area (Å²) in [5.41, 5.74) is 1.45. The number of benzene rings is 1. The van der Waals surface area contributed by atoms with Crippen LogP contribution in [0.15, 0.2) is 64.4 Å². The number of H-pyrrole nitrogens is 1. The number of hydrogen-bond donors (Lipinski definition) is 2. The van der Waals surface area contributed by atoms with Crippen molar-refractivity contribution in [2.45, 2.75) is 43.3 Å². The van der Waals surface area contributed by atoms with Crippen molar-refractivity contribution in [1.82, 2.24) is 25.3 Å². The van der Waals surface area contributed by atoms with Crippen LogP contribution >= 0.6 is 0 Å². The Morgan fingerprint density at radius 2 is 1.85 bits per heavy atom. The van der Waals surface area contributed by atoms with E-state index in [0.717, 1.165) is 17.5 Å². The van der Waals surface area contributed by atoms with E-state index in [9.17, 15) is 26.8 Å². The van der Waals surface area contributed by atoms with Gasteiger partial charge in [0.25, 0.3) is 11.5 Å². The highest BCUT2D eigenvalue weighted by Crippen LogP contribution is 2.23. The first-order valence-electron chi connectivity index (χ1n) is 12.7. The van der Waals surface area contributed by atoms with Crippen molar-refractivity contribution >= 4 is 32.6 Å². The molecule has 0 radical (unpaired) electrons. The van der Waals surface area contributed by atoms with E-state index < -0.39 is 26.4 Å². The molecule has 11 nitrogen and oxygen atoms in total. The van der Waals surface area contributed by atoms with Crippen LogP contribution in [0, 0.1) is 0 Å². The number of carbonyl (C=O) groups excluding carboxylic acids is 1. The highest BCUT2D eigenvalue weighted by atomic mass is 32.2. The van der Waals surface area contributed by atoms with E-state index in [1.807, 2.05) is 18.7 Å². The Kier molecular flexibility index (Phi) is 7.78. The number of pyridine rings is 2. The normalized spacial score (nSPS) is 17.6. The van der Waals surface area contributed by atoms with E-state index >= 15 is 0 Å². The molecule has 0 spiro atoms. The van der Waals surface area contributed by atoms with Crippen molar-refractivity contribution < 1.29 is 26.7 Å². The van der Waals surface area contributed by atoms with Crippen molar-refractivity contribution in [3.8, 4) is 11.4 Å². The summed E-state index contributed by atoms with van der Waals surface area (Å²) in [6.07, 6.45) is 1.54. The topological polar surface area (TPSA) is 147 Å². The van der Waals surface area contributed by atoms with Gasteiger partial charge in [0, 0.05) is 36.3 Å². The maximum atomic E-state index is 12.9. The molecule has 3 aromatic heterocycles. The Labute approximate surface area is 233 Å². The molecule has 1 aliphatic heterocycles. The number of sulfone groups is 1. The number of nitrogens with zero attached hydrogens (tertiary/aromatic N) is 4. The van der Waals surface area contributed by atoms with E-state index in [1.54, 1.807) is 24.4 Å². The van der Waals surface area contributed by atoms with Crippen molar-refractivity contribution in [3.63, 3.8) is 0 Å². The van der Waals surface area contributed by atoms with E-state index in [4.69, 9.17) is 4.74 Å². The number of anilines is 1. The van der Waals surface area contributed by atoms with Crippen molar-refractivity contribution in [2.24, 2.45) is 0 Å². The zero-order chi connectivity index (χ0) is 29.3. The molecule has 0 bridgehead atoms. The number of ether oxygens (including phenoxy) is 1. The highest BCUT2D eigenvalue weighted by molar-refractivity contribution is 7.91. The van der Waals surface area contributed by atoms with Crippen LogP contribution in [0.1, 0.15) is 29.9 Å². The Balaban J connectivity index is 1.36. The number of amides is 1. The van der Waals surface area contributed by atoms with Gasteiger partial charge in [0.2, 0.25) is 15.8 Å². The Bertz CT molecular complexity index is 1770. The van der Waals surface area contributed by atoms with Gasteiger partial charge in [-0.1, -0.05) is 6.07 Å². The van der Waals surface area contributed by atoms with Crippen LogP contribution in [0.4, 0.5) is 14.7 Å². The fourth-order valence-corrected chi connectivity index (χ4v) is 5.33. The molecule has 0 aliphatic carbocycles. The molecule has 4 aromatic rings. The number of morpholine rings is 1. The monoisotopic (exact) mass is 584 g/mol. The van der Waals surface area contributed by atoms with Crippen LogP contribution < -0.4 is 15.8 Å². The first kappa shape index (κ1) is 28.2. The van der Waals surface area contributed by atoms with Gasteiger partial charge in [-0.25, -0.2) is 18.4 Å². The summed E-state index contributed by atoms with van der Waals surface area (Å²) in [7, 11) is -4.84. The molecule has 2 atom stereocenters. The number of nitrogens with one attached hydrogen (secondary N) is 2. The van der Waals surface area contributed by atoms with Crippen molar-refractivity contribution in [2.75, 3.05) is 18.0 Å². The predicted molar refractivity (Wildman–Crippen MR) is 146 cm³/mol. The van der Waals surface area contributed by atoms with E-state index in [0.29, 0.717) is 41.6 Å². The first-order valence-corrected chi connectivity index (χ1v) is 14.2. The maximum absolute atomic E-state index is 12.9. The summed E-state index contributed by atoms with van der Waals surface area (Å²) in [5, 5.41) is 3.32. The summed E-state index contributed by atoms with van der Waals surface area (Å²) in [6, 6.07) is 11.0. The SMILES string of the molecule is C[C@@H]1CN(c2nc(-c3ccc4cnc(CNC(=O)c5cccc(S(=O)(=O)C(F)F)c5)cc4n3)cc(=O)[nH]2)C[C@H](C)O1. The molecule has 4 heterocycles. The van der Waals surface area contributed by atoms with Crippen molar-refractivity contribution in [1.29, 1.82) is 0 Å². The molecule has 214 valence electrons. The van der Waals surface area contributed by atoms with Gasteiger partial charge in [-0.15, -0.1) is 0 Å². The average molecular weight is 585 g/mol. The number of alkyl halides is 2. The second kappa shape index (κ2) is 11.3.